The molecule has 1 fully saturated rings. The third-order valence-electron chi connectivity index (χ3n) is 4.77. The quantitative estimate of drug-likeness (QED) is 0.478. The Bertz CT molecular complexity index is 579. The van der Waals surface area contributed by atoms with Crippen molar-refractivity contribution >= 4 is 17.7 Å². The molecule has 0 amide bonds. The number of halogens is 4. The molecule has 4 heteroatoms. The number of benzene rings is 1. The molecule has 0 unspecified atom stereocenters. The van der Waals surface area contributed by atoms with Crippen LogP contribution in [-0.2, 0) is 0 Å². The molecule has 0 saturated heterocycles. The average Bonchev–Trinajstić information content (AvgIpc) is 2.54. The number of hydrogen-bond donors (Lipinski definition) is 0. The van der Waals surface area contributed by atoms with Crippen LogP contribution in [0.3, 0.4) is 0 Å². The molecule has 1 aromatic rings. The fourth-order valence-corrected chi connectivity index (χ4v) is 3.65. The standard InChI is InChI=1S/C20H24ClF3/c1-2-3-4-5-15-6-8-16(9-7-15)18-11-10-17(19(21)14-18)12-13-20(22,23)24/h2-3,10-16H,4-9H2,1H3/b3-2+,13-12-. The Hall–Kier alpha value is -1.22. The highest BCUT2D eigenvalue weighted by Gasteiger charge is 2.23. The highest BCUT2D eigenvalue weighted by atomic mass is 35.5. The Morgan fingerprint density at radius 3 is 2.46 bits per heavy atom. The van der Waals surface area contributed by atoms with Gasteiger partial charge in [0.1, 0.15) is 0 Å². The summed E-state index contributed by atoms with van der Waals surface area (Å²) in [4.78, 5) is 0. The topological polar surface area (TPSA) is 0 Å². The zero-order valence-electron chi connectivity index (χ0n) is 14.0. The van der Waals surface area contributed by atoms with Crippen LogP contribution >= 0.6 is 11.6 Å². The fraction of sp³-hybridized carbons (Fsp3) is 0.500. The van der Waals surface area contributed by atoms with Gasteiger partial charge in [0.15, 0.2) is 0 Å². The summed E-state index contributed by atoms with van der Waals surface area (Å²) in [5.74, 6) is 1.27. The molecule has 0 radical (unpaired) electrons. The number of alkyl halides is 3. The maximum atomic E-state index is 12.3. The van der Waals surface area contributed by atoms with E-state index in [-0.39, 0.29) is 6.08 Å². The van der Waals surface area contributed by atoms with Crippen LogP contribution in [0.25, 0.3) is 6.08 Å². The monoisotopic (exact) mass is 356 g/mol. The summed E-state index contributed by atoms with van der Waals surface area (Å²) in [6.45, 7) is 2.05. The summed E-state index contributed by atoms with van der Waals surface area (Å²) in [7, 11) is 0. The van der Waals surface area contributed by atoms with Crippen LogP contribution in [0.1, 0.15) is 62.5 Å². The molecule has 2 rings (SSSR count). The van der Waals surface area contributed by atoms with Gasteiger partial charge in [0.25, 0.3) is 0 Å². The summed E-state index contributed by atoms with van der Waals surface area (Å²) in [5, 5.41) is 0.392. The zero-order chi connectivity index (χ0) is 17.6. The molecular formula is C20H24ClF3. The summed E-state index contributed by atoms with van der Waals surface area (Å²) in [6, 6.07) is 5.45. The molecule has 0 heterocycles. The smallest absolute Gasteiger partial charge is 0.167 e. The average molecular weight is 357 g/mol. The van der Waals surface area contributed by atoms with E-state index >= 15 is 0 Å². The second kappa shape index (κ2) is 8.75. The van der Waals surface area contributed by atoms with Gasteiger partial charge in [-0.25, -0.2) is 0 Å². The molecule has 1 saturated carbocycles. The van der Waals surface area contributed by atoms with Gasteiger partial charge in [-0.05, 0) is 80.6 Å². The van der Waals surface area contributed by atoms with Gasteiger partial charge in [-0.15, -0.1) is 0 Å². The van der Waals surface area contributed by atoms with E-state index in [2.05, 4.69) is 12.2 Å². The predicted molar refractivity (Wildman–Crippen MR) is 95.3 cm³/mol. The van der Waals surface area contributed by atoms with Crippen LogP contribution < -0.4 is 0 Å². The molecule has 132 valence electrons. The first kappa shape index (κ1) is 19.1. The fourth-order valence-electron chi connectivity index (χ4n) is 3.40. The van der Waals surface area contributed by atoms with Gasteiger partial charge in [-0.3, -0.25) is 0 Å². The Balaban J connectivity index is 1.94. The molecule has 0 nitrogen and oxygen atoms in total. The van der Waals surface area contributed by atoms with E-state index in [0.29, 0.717) is 16.5 Å². The lowest BCUT2D eigenvalue weighted by Crippen LogP contribution is -2.13. The van der Waals surface area contributed by atoms with Crippen molar-refractivity contribution in [2.75, 3.05) is 0 Å². The van der Waals surface area contributed by atoms with Crippen LogP contribution in [0, 0.1) is 5.92 Å². The molecular weight excluding hydrogens is 333 g/mol. The lowest BCUT2D eigenvalue weighted by Gasteiger charge is -2.29. The van der Waals surface area contributed by atoms with Crippen molar-refractivity contribution in [3.8, 4) is 0 Å². The van der Waals surface area contributed by atoms with E-state index in [1.807, 2.05) is 19.1 Å². The van der Waals surface area contributed by atoms with Gasteiger partial charge < -0.3 is 0 Å². The largest absolute Gasteiger partial charge is 0.409 e. The lowest BCUT2D eigenvalue weighted by atomic mass is 9.77. The van der Waals surface area contributed by atoms with E-state index in [0.717, 1.165) is 36.8 Å². The SMILES string of the molecule is C/C=C/CCC1CCC(c2ccc(/C=C\C(F)(F)F)c(Cl)c2)CC1. The first-order valence-electron chi connectivity index (χ1n) is 8.55. The normalized spacial score (nSPS) is 22.5. The third-order valence-corrected chi connectivity index (χ3v) is 5.10. The van der Waals surface area contributed by atoms with Crippen molar-refractivity contribution in [1.29, 1.82) is 0 Å². The molecule has 0 atom stereocenters. The van der Waals surface area contributed by atoms with Crippen LogP contribution in [0.15, 0.2) is 36.4 Å². The van der Waals surface area contributed by atoms with E-state index in [4.69, 9.17) is 11.6 Å². The van der Waals surface area contributed by atoms with Gasteiger partial charge in [0.05, 0.1) is 0 Å². The molecule has 0 bridgehead atoms. The molecule has 0 aliphatic heterocycles. The number of hydrogen-bond acceptors (Lipinski definition) is 0. The van der Waals surface area contributed by atoms with Crippen molar-refractivity contribution in [3.63, 3.8) is 0 Å². The highest BCUT2D eigenvalue weighted by molar-refractivity contribution is 6.32. The maximum absolute atomic E-state index is 12.3. The van der Waals surface area contributed by atoms with E-state index < -0.39 is 6.18 Å². The van der Waals surface area contributed by atoms with Crippen molar-refractivity contribution < 1.29 is 13.2 Å². The van der Waals surface area contributed by atoms with Crippen molar-refractivity contribution in [2.45, 2.75) is 57.5 Å². The highest BCUT2D eigenvalue weighted by Crippen LogP contribution is 2.38. The molecule has 0 spiro atoms. The first-order valence-corrected chi connectivity index (χ1v) is 8.93. The van der Waals surface area contributed by atoms with Gasteiger partial charge >= 0.3 is 6.18 Å². The molecule has 1 aromatic carbocycles. The zero-order valence-corrected chi connectivity index (χ0v) is 14.7. The first-order chi connectivity index (χ1) is 11.4. The number of allylic oxidation sites excluding steroid dienone is 3. The summed E-state index contributed by atoms with van der Waals surface area (Å²) in [6.07, 6.45) is 8.37. The van der Waals surface area contributed by atoms with Crippen molar-refractivity contribution in [2.24, 2.45) is 5.92 Å². The van der Waals surface area contributed by atoms with Crippen LogP contribution in [0.4, 0.5) is 13.2 Å². The molecule has 0 N–H and O–H groups in total. The Labute approximate surface area is 147 Å². The molecule has 1 aliphatic carbocycles. The predicted octanol–water partition coefficient (Wildman–Crippen LogP) is 7.55. The van der Waals surface area contributed by atoms with E-state index in [9.17, 15) is 13.2 Å². The minimum Gasteiger partial charge on any atom is -0.167 e. The van der Waals surface area contributed by atoms with Crippen LogP contribution in [0.5, 0.6) is 0 Å². The minimum absolute atomic E-state index is 0.226. The van der Waals surface area contributed by atoms with Crippen LogP contribution in [-0.4, -0.2) is 6.18 Å². The van der Waals surface area contributed by atoms with Crippen LogP contribution in [0.2, 0.25) is 5.02 Å². The third kappa shape index (κ3) is 6.01. The van der Waals surface area contributed by atoms with Gasteiger partial charge in [0.2, 0.25) is 0 Å². The van der Waals surface area contributed by atoms with Crippen molar-refractivity contribution in [3.05, 3.63) is 52.6 Å². The lowest BCUT2D eigenvalue weighted by molar-refractivity contribution is -0.0790. The minimum atomic E-state index is -4.31. The van der Waals surface area contributed by atoms with E-state index in [1.165, 1.54) is 19.3 Å². The van der Waals surface area contributed by atoms with Crippen molar-refractivity contribution in [1.82, 2.24) is 0 Å². The molecule has 1 aliphatic rings. The summed E-state index contributed by atoms with van der Waals surface area (Å²) in [5.41, 5.74) is 1.56. The maximum Gasteiger partial charge on any atom is 0.409 e. The summed E-state index contributed by atoms with van der Waals surface area (Å²) < 4.78 is 36.8. The van der Waals surface area contributed by atoms with Gasteiger partial charge in [-0.2, -0.15) is 13.2 Å². The Morgan fingerprint density at radius 2 is 1.88 bits per heavy atom. The van der Waals surface area contributed by atoms with Gasteiger partial charge in [-0.1, -0.05) is 35.9 Å². The molecule has 0 aromatic heterocycles. The Morgan fingerprint density at radius 1 is 1.17 bits per heavy atom. The Kier molecular flexibility index (Phi) is 6.97. The van der Waals surface area contributed by atoms with E-state index in [1.54, 1.807) is 6.07 Å². The molecule has 24 heavy (non-hydrogen) atoms. The number of rotatable bonds is 5. The second-order valence-electron chi connectivity index (χ2n) is 6.52. The summed E-state index contributed by atoms with van der Waals surface area (Å²) >= 11 is 6.16. The van der Waals surface area contributed by atoms with Gasteiger partial charge in [0, 0.05) is 11.1 Å². The second-order valence-corrected chi connectivity index (χ2v) is 6.93.